The molecule has 1 saturated heterocycles. The fourth-order valence-electron chi connectivity index (χ4n) is 3.00. The molecule has 29 heavy (non-hydrogen) atoms. The predicted molar refractivity (Wildman–Crippen MR) is 117 cm³/mol. The van der Waals surface area contributed by atoms with E-state index in [9.17, 15) is 4.79 Å². The monoisotopic (exact) mass is 468 g/mol. The van der Waals surface area contributed by atoms with Crippen LogP contribution in [0.1, 0.15) is 4.88 Å². The molecule has 3 heterocycles. The zero-order chi connectivity index (χ0) is 20.2. The van der Waals surface area contributed by atoms with Gasteiger partial charge < -0.3 is 9.32 Å². The number of benzene rings is 1. The van der Waals surface area contributed by atoms with Gasteiger partial charge in [0.2, 0.25) is 11.8 Å². The average molecular weight is 469 g/mol. The zero-order valence-electron chi connectivity index (χ0n) is 15.4. The first kappa shape index (κ1) is 20.7. The standard InChI is InChI=1S/C19H18Cl2N4O2S2/c20-14-3-1-13(2-4-14)18-22-23-19(27-18)28-12-17(26)25-9-7-24(8-10-25)11-15-5-6-16(21)29-15/h1-6H,7-12H2. The fourth-order valence-corrected chi connectivity index (χ4v) is 4.93. The largest absolute Gasteiger partial charge is 0.411 e. The van der Waals surface area contributed by atoms with E-state index in [-0.39, 0.29) is 11.7 Å². The number of carbonyl (C=O) groups is 1. The number of carbonyl (C=O) groups excluding carboxylic acids is 1. The number of rotatable bonds is 6. The second-order valence-corrected chi connectivity index (χ2v) is 9.69. The maximum absolute atomic E-state index is 12.5. The molecule has 0 saturated carbocycles. The Morgan fingerprint density at radius 2 is 1.83 bits per heavy atom. The summed E-state index contributed by atoms with van der Waals surface area (Å²) in [6, 6.07) is 11.2. The molecular formula is C19H18Cl2N4O2S2. The van der Waals surface area contributed by atoms with Crippen LogP contribution in [0.15, 0.2) is 46.0 Å². The van der Waals surface area contributed by atoms with Gasteiger partial charge in [0.05, 0.1) is 10.1 Å². The quantitative estimate of drug-likeness (QED) is 0.494. The molecule has 1 aromatic carbocycles. The van der Waals surface area contributed by atoms with Gasteiger partial charge in [-0.25, -0.2) is 0 Å². The molecule has 6 nitrogen and oxygen atoms in total. The van der Waals surface area contributed by atoms with Crippen molar-refractivity contribution in [2.75, 3.05) is 31.9 Å². The third-order valence-electron chi connectivity index (χ3n) is 4.55. The molecule has 2 aromatic heterocycles. The Balaban J connectivity index is 1.24. The average Bonchev–Trinajstić information content (AvgIpc) is 3.36. The lowest BCUT2D eigenvalue weighted by atomic mass is 10.2. The first-order chi connectivity index (χ1) is 14.1. The molecule has 1 aliphatic rings. The third-order valence-corrected chi connectivity index (χ3v) is 6.82. The van der Waals surface area contributed by atoms with Crippen LogP contribution in [0.2, 0.25) is 9.36 Å². The van der Waals surface area contributed by atoms with E-state index in [2.05, 4.69) is 21.2 Å². The maximum Gasteiger partial charge on any atom is 0.277 e. The smallest absolute Gasteiger partial charge is 0.277 e. The van der Waals surface area contributed by atoms with Crippen LogP contribution in [0.25, 0.3) is 11.5 Å². The van der Waals surface area contributed by atoms with Crippen molar-refractivity contribution in [3.63, 3.8) is 0 Å². The molecule has 1 aliphatic heterocycles. The van der Waals surface area contributed by atoms with Crippen molar-refractivity contribution in [2.24, 2.45) is 0 Å². The molecule has 3 aromatic rings. The topological polar surface area (TPSA) is 62.5 Å². The molecule has 0 bridgehead atoms. The van der Waals surface area contributed by atoms with E-state index in [4.69, 9.17) is 27.6 Å². The van der Waals surface area contributed by atoms with E-state index in [0.717, 1.165) is 42.6 Å². The number of nitrogens with zero attached hydrogens (tertiary/aromatic N) is 4. The van der Waals surface area contributed by atoms with Crippen LogP contribution in [-0.2, 0) is 11.3 Å². The number of halogens is 2. The third kappa shape index (κ3) is 5.52. The summed E-state index contributed by atoms with van der Waals surface area (Å²) in [4.78, 5) is 18.0. The van der Waals surface area contributed by atoms with Crippen molar-refractivity contribution in [3.05, 3.63) is 50.6 Å². The summed E-state index contributed by atoms with van der Waals surface area (Å²) in [6.45, 7) is 4.03. The number of hydrogen-bond acceptors (Lipinski definition) is 7. The molecule has 0 unspecified atom stereocenters. The Hall–Kier alpha value is -1.58. The molecule has 4 rings (SSSR count). The highest BCUT2D eigenvalue weighted by molar-refractivity contribution is 7.99. The van der Waals surface area contributed by atoms with Crippen molar-refractivity contribution in [1.82, 2.24) is 20.0 Å². The Labute approximate surface area is 186 Å². The second-order valence-electron chi connectivity index (χ2n) is 6.53. The van der Waals surface area contributed by atoms with Crippen LogP contribution in [0.3, 0.4) is 0 Å². The summed E-state index contributed by atoms with van der Waals surface area (Å²) in [5.41, 5.74) is 0.795. The molecule has 0 spiro atoms. The summed E-state index contributed by atoms with van der Waals surface area (Å²) in [5.74, 6) is 0.780. The van der Waals surface area contributed by atoms with Crippen molar-refractivity contribution in [1.29, 1.82) is 0 Å². The molecule has 1 amide bonds. The normalized spacial score (nSPS) is 15.0. The molecule has 0 N–H and O–H groups in total. The Morgan fingerprint density at radius 3 is 2.52 bits per heavy atom. The van der Waals surface area contributed by atoms with Crippen LogP contribution < -0.4 is 0 Å². The number of amides is 1. The van der Waals surface area contributed by atoms with Gasteiger partial charge in [-0.2, -0.15) is 0 Å². The Morgan fingerprint density at radius 1 is 1.07 bits per heavy atom. The molecule has 10 heteroatoms. The van der Waals surface area contributed by atoms with E-state index in [1.165, 1.54) is 16.6 Å². The number of thiophene rings is 1. The zero-order valence-corrected chi connectivity index (χ0v) is 18.5. The first-order valence-electron chi connectivity index (χ1n) is 9.03. The van der Waals surface area contributed by atoms with Crippen LogP contribution >= 0.6 is 46.3 Å². The van der Waals surface area contributed by atoms with Gasteiger partial charge >= 0.3 is 0 Å². The molecule has 1 fully saturated rings. The molecule has 152 valence electrons. The van der Waals surface area contributed by atoms with Gasteiger partial charge in [-0.1, -0.05) is 35.0 Å². The highest BCUT2D eigenvalue weighted by atomic mass is 35.5. The summed E-state index contributed by atoms with van der Waals surface area (Å²) < 4.78 is 6.45. The Bertz CT molecular complexity index is 969. The number of thioether (sulfide) groups is 1. The minimum absolute atomic E-state index is 0.0834. The minimum Gasteiger partial charge on any atom is -0.411 e. The van der Waals surface area contributed by atoms with E-state index in [0.29, 0.717) is 16.1 Å². The molecule has 0 aliphatic carbocycles. The fraction of sp³-hybridized carbons (Fsp3) is 0.316. The SMILES string of the molecule is O=C(CSc1nnc(-c2ccc(Cl)cc2)o1)N1CCN(Cc2ccc(Cl)s2)CC1. The molecule has 0 atom stereocenters. The highest BCUT2D eigenvalue weighted by Gasteiger charge is 2.22. The van der Waals surface area contributed by atoms with E-state index in [1.54, 1.807) is 23.5 Å². The van der Waals surface area contributed by atoms with Gasteiger partial charge in [-0.05, 0) is 36.4 Å². The predicted octanol–water partition coefficient (Wildman–Crippen LogP) is 4.54. The maximum atomic E-state index is 12.5. The van der Waals surface area contributed by atoms with Gasteiger partial charge in [0.1, 0.15) is 0 Å². The number of piperazine rings is 1. The first-order valence-corrected chi connectivity index (χ1v) is 11.6. The van der Waals surface area contributed by atoms with E-state index in [1.807, 2.05) is 23.1 Å². The van der Waals surface area contributed by atoms with Crippen LogP contribution in [-0.4, -0.2) is 57.8 Å². The lowest BCUT2D eigenvalue weighted by molar-refractivity contribution is -0.130. The summed E-state index contributed by atoms with van der Waals surface area (Å²) in [6.07, 6.45) is 0. The molecule has 0 radical (unpaired) electrons. The summed E-state index contributed by atoms with van der Waals surface area (Å²) >= 11 is 14.8. The summed E-state index contributed by atoms with van der Waals surface area (Å²) in [5, 5.41) is 9.09. The van der Waals surface area contributed by atoms with Crippen molar-refractivity contribution < 1.29 is 9.21 Å². The van der Waals surface area contributed by atoms with Gasteiger partial charge in [-0.3, -0.25) is 9.69 Å². The van der Waals surface area contributed by atoms with E-state index >= 15 is 0 Å². The highest BCUT2D eigenvalue weighted by Crippen LogP contribution is 2.25. The van der Waals surface area contributed by atoms with Crippen molar-refractivity contribution in [3.8, 4) is 11.5 Å². The van der Waals surface area contributed by atoms with Gasteiger partial charge in [0.15, 0.2) is 0 Å². The second kappa shape index (κ2) is 9.49. The summed E-state index contributed by atoms with van der Waals surface area (Å²) in [7, 11) is 0. The van der Waals surface area contributed by atoms with E-state index < -0.39 is 0 Å². The lowest BCUT2D eigenvalue weighted by Crippen LogP contribution is -2.48. The van der Waals surface area contributed by atoms with Crippen LogP contribution in [0, 0.1) is 0 Å². The van der Waals surface area contributed by atoms with Gasteiger partial charge in [0, 0.05) is 48.2 Å². The van der Waals surface area contributed by atoms with Gasteiger partial charge in [0.25, 0.3) is 5.22 Å². The lowest BCUT2D eigenvalue weighted by Gasteiger charge is -2.34. The Kier molecular flexibility index (Phi) is 6.77. The minimum atomic E-state index is 0.0834. The van der Waals surface area contributed by atoms with Crippen LogP contribution in [0.4, 0.5) is 0 Å². The number of hydrogen-bond donors (Lipinski definition) is 0. The number of aromatic nitrogens is 2. The van der Waals surface area contributed by atoms with Crippen LogP contribution in [0.5, 0.6) is 0 Å². The van der Waals surface area contributed by atoms with Crippen molar-refractivity contribution >= 4 is 52.2 Å². The van der Waals surface area contributed by atoms with Gasteiger partial charge in [-0.15, -0.1) is 21.5 Å². The molecular weight excluding hydrogens is 451 g/mol. The van der Waals surface area contributed by atoms with Crippen molar-refractivity contribution in [2.45, 2.75) is 11.8 Å².